The van der Waals surface area contributed by atoms with Crippen LogP contribution in [0.25, 0.3) is 0 Å². The average Bonchev–Trinajstić information content (AvgIpc) is 2.84. The predicted octanol–water partition coefficient (Wildman–Crippen LogP) is 2.36. The second-order valence-corrected chi connectivity index (χ2v) is 5.75. The van der Waals surface area contributed by atoms with Crippen molar-refractivity contribution in [1.82, 2.24) is 4.90 Å². The van der Waals surface area contributed by atoms with E-state index in [4.69, 9.17) is 9.47 Å². The van der Waals surface area contributed by atoms with Gasteiger partial charge in [-0.05, 0) is 39.2 Å². The molecule has 0 aromatic rings. The van der Waals surface area contributed by atoms with Crippen molar-refractivity contribution in [3.63, 3.8) is 0 Å². The molecule has 19 heavy (non-hydrogen) atoms. The molecular formula is C15H27NO3. The molecule has 1 aliphatic heterocycles. The van der Waals surface area contributed by atoms with E-state index in [1.807, 2.05) is 6.92 Å². The van der Waals surface area contributed by atoms with Crippen LogP contribution < -0.4 is 0 Å². The molecule has 0 aromatic heterocycles. The number of rotatable bonds is 5. The van der Waals surface area contributed by atoms with E-state index in [9.17, 15) is 4.79 Å². The van der Waals surface area contributed by atoms with Crippen LogP contribution >= 0.6 is 0 Å². The van der Waals surface area contributed by atoms with Crippen molar-refractivity contribution in [3.8, 4) is 0 Å². The zero-order chi connectivity index (χ0) is 13.7. The number of hydrogen-bond acceptors (Lipinski definition) is 4. The van der Waals surface area contributed by atoms with Crippen LogP contribution in [-0.2, 0) is 14.3 Å². The van der Waals surface area contributed by atoms with Crippen LogP contribution in [0.5, 0.6) is 0 Å². The van der Waals surface area contributed by atoms with Crippen molar-refractivity contribution >= 4 is 5.97 Å². The van der Waals surface area contributed by atoms with Gasteiger partial charge in [0, 0.05) is 12.6 Å². The topological polar surface area (TPSA) is 38.8 Å². The molecular weight excluding hydrogens is 242 g/mol. The van der Waals surface area contributed by atoms with E-state index in [0.717, 1.165) is 26.0 Å². The third kappa shape index (κ3) is 3.69. The monoisotopic (exact) mass is 269 g/mol. The summed E-state index contributed by atoms with van der Waals surface area (Å²) in [7, 11) is 0. The molecule has 2 fully saturated rings. The molecule has 1 heterocycles. The first-order valence-corrected chi connectivity index (χ1v) is 7.73. The van der Waals surface area contributed by atoms with Gasteiger partial charge in [-0.3, -0.25) is 9.69 Å². The Morgan fingerprint density at radius 2 is 2.11 bits per heavy atom. The minimum Gasteiger partial charge on any atom is -0.465 e. The fourth-order valence-corrected chi connectivity index (χ4v) is 3.55. The average molecular weight is 269 g/mol. The summed E-state index contributed by atoms with van der Waals surface area (Å²) in [5.74, 6) is -0.101. The number of nitrogens with zero attached hydrogens (tertiary/aromatic N) is 1. The van der Waals surface area contributed by atoms with Gasteiger partial charge in [0.05, 0.1) is 18.8 Å². The van der Waals surface area contributed by atoms with Gasteiger partial charge in [0.25, 0.3) is 0 Å². The molecule has 4 heteroatoms. The third-order valence-electron chi connectivity index (χ3n) is 4.54. The van der Waals surface area contributed by atoms with Crippen LogP contribution in [0.1, 0.15) is 52.4 Å². The smallest absolute Gasteiger partial charge is 0.320 e. The van der Waals surface area contributed by atoms with E-state index < -0.39 is 0 Å². The van der Waals surface area contributed by atoms with Crippen LogP contribution in [0.2, 0.25) is 0 Å². The summed E-state index contributed by atoms with van der Waals surface area (Å²) in [6, 6.07) is 0.473. The van der Waals surface area contributed by atoms with E-state index in [-0.39, 0.29) is 11.6 Å². The molecule has 0 N–H and O–H groups in total. The van der Waals surface area contributed by atoms with Crippen LogP contribution in [-0.4, -0.2) is 48.8 Å². The van der Waals surface area contributed by atoms with E-state index in [2.05, 4.69) is 11.8 Å². The summed E-state index contributed by atoms with van der Waals surface area (Å²) in [6.45, 7) is 6.61. The summed E-state index contributed by atoms with van der Waals surface area (Å²) >= 11 is 0. The maximum Gasteiger partial charge on any atom is 0.320 e. The number of carbonyl (C=O) groups is 1. The zero-order valence-electron chi connectivity index (χ0n) is 12.3. The lowest BCUT2D eigenvalue weighted by molar-refractivity contribution is -0.147. The van der Waals surface area contributed by atoms with Crippen molar-refractivity contribution < 1.29 is 14.3 Å². The second-order valence-electron chi connectivity index (χ2n) is 5.75. The number of esters is 1. The Morgan fingerprint density at radius 1 is 1.37 bits per heavy atom. The normalized spacial score (nSPS) is 25.9. The molecule has 0 aromatic carbocycles. The van der Waals surface area contributed by atoms with Crippen molar-refractivity contribution in [2.45, 2.75) is 64.0 Å². The quantitative estimate of drug-likeness (QED) is 0.718. The maximum absolute atomic E-state index is 11.7. The molecule has 1 unspecified atom stereocenters. The highest BCUT2D eigenvalue weighted by Gasteiger charge is 2.41. The summed E-state index contributed by atoms with van der Waals surface area (Å²) in [6.07, 6.45) is 7.09. The molecule has 2 aliphatic rings. The van der Waals surface area contributed by atoms with Gasteiger partial charge < -0.3 is 9.47 Å². The van der Waals surface area contributed by atoms with Gasteiger partial charge in [-0.15, -0.1) is 0 Å². The Kier molecular flexibility index (Phi) is 5.22. The molecule has 0 amide bonds. The molecule has 0 bridgehead atoms. The highest BCUT2D eigenvalue weighted by molar-refractivity contribution is 5.71. The van der Waals surface area contributed by atoms with E-state index in [1.54, 1.807) is 0 Å². The van der Waals surface area contributed by atoms with Gasteiger partial charge in [0.1, 0.15) is 0 Å². The number of hydrogen-bond donors (Lipinski definition) is 0. The fraction of sp³-hybridized carbons (Fsp3) is 0.933. The summed E-state index contributed by atoms with van der Waals surface area (Å²) in [4.78, 5) is 13.9. The highest BCUT2D eigenvalue weighted by atomic mass is 16.5. The van der Waals surface area contributed by atoms with Gasteiger partial charge in [-0.25, -0.2) is 0 Å². The largest absolute Gasteiger partial charge is 0.465 e. The van der Waals surface area contributed by atoms with Gasteiger partial charge in [-0.2, -0.15) is 0 Å². The number of likely N-dealkylation sites (N-methyl/N-ethyl adjacent to an activating group) is 1. The van der Waals surface area contributed by atoms with Crippen LogP contribution in [0.4, 0.5) is 0 Å². The van der Waals surface area contributed by atoms with E-state index in [1.165, 1.54) is 25.7 Å². The van der Waals surface area contributed by atoms with Crippen molar-refractivity contribution in [1.29, 1.82) is 0 Å². The molecule has 4 nitrogen and oxygen atoms in total. The summed E-state index contributed by atoms with van der Waals surface area (Å²) < 4.78 is 11.1. The lowest BCUT2D eigenvalue weighted by Crippen LogP contribution is -2.49. The van der Waals surface area contributed by atoms with Crippen LogP contribution in [0.3, 0.4) is 0 Å². The lowest BCUT2D eigenvalue weighted by Gasteiger charge is -2.42. The second kappa shape index (κ2) is 6.71. The number of carbonyl (C=O) groups excluding carboxylic acids is 1. The molecule has 1 spiro atoms. The van der Waals surface area contributed by atoms with Gasteiger partial charge >= 0.3 is 5.97 Å². The first kappa shape index (κ1) is 14.8. The molecule has 0 radical (unpaired) electrons. The summed E-state index contributed by atoms with van der Waals surface area (Å²) in [5, 5.41) is 0. The fourth-order valence-electron chi connectivity index (χ4n) is 3.55. The minimum absolute atomic E-state index is 0.101. The first-order chi connectivity index (χ1) is 9.19. The van der Waals surface area contributed by atoms with Gasteiger partial charge in [0.2, 0.25) is 0 Å². The van der Waals surface area contributed by atoms with Crippen molar-refractivity contribution in [3.05, 3.63) is 0 Å². The standard InChI is InChI=1S/C15H27NO3/c1-3-16(12-14(17)18-4-2)13-7-10-19-15(11-13)8-5-6-9-15/h13H,3-12H2,1-2H3. The zero-order valence-corrected chi connectivity index (χ0v) is 12.3. The lowest BCUT2D eigenvalue weighted by atomic mass is 9.88. The molecule has 1 saturated heterocycles. The third-order valence-corrected chi connectivity index (χ3v) is 4.54. The van der Waals surface area contributed by atoms with Crippen LogP contribution in [0, 0.1) is 0 Å². The first-order valence-electron chi connectivity index (χ1n) is 7.73. The Labute approximate surface area is 116 Å². The predicted molar refractivity (Wildman–Crippen MR) is 74.1 cm³/mol. The molecule has 110 valence electrons. The van der Waals surface area contributed by atoms with E-state index in [0.29, 0.717) is 19.2 Å². The van der Waals surface area contributed by atoms with E-state index >= 15 is 0 Å². The van der Waals surface area contributed by atoms with Crippen LogP contribution in [0.15, 0.2) is 0 Å². The minimum atomic E-state index is -0.101. The SMILES string of the molecule is CCOC(=O)CN(CC)C1CCOC2(CCCC2)C1. The summed E-state index contributed by atoms with van der Waals surface area (Å²) in [5.41, 5.74) is 0.116. The maximum atomic E-state index is 11.7. The van der Waals surface area contributed by atoms with Crippen molar-refractivity contribution in [2.75, 3.05) is 26.3 Å². The van der Waals surface area contributed by atoms with Gasteiger partial charge in [0.15, 0.2) is 0 Å². The Balaban J connectivity index is 1.92. The van der Waals surface area contributed by atoms with Gasteiger partial charge in [-0.1, -0.05) is 19.8 Å². The Bertz CT molecular complexity index is 300. The molecule has 1 aliphatic carbocycles. The highest BCUT2D eigenvalue weighted by Crippen LogP contribution is 2.41. The molecule has 1 saturated carbocycles. The Morgan fingerprint density at radius 3 is 2.74 bits per heavy atom. The molecule has 1 atom stereocenters. The van der Waals surface area contributed by atoms with Crippen molar-refractivity contribution in [2.24, 2.45) is 0 Å². The Hall–Kier alpha value is -0.610. The number of ether oxygens (including phenoxy) is 2. The molecule has 2 rings (SSSR count).